The van der Waals surface area contributed by atoms with Crippen LogP contribution in [0.4, 0.5) is 5.95 Å². The highest BCUT2D eigenvalue weighted by atomic mass is 32.1. The minimum Gasteiger partial charge on any atom is -0.386 e. The number of thiophene rings is 1. The summed E-state index contributed by atoms with van der Waals surface area (Å²) < 4.78 is 0. The molecule has 1 aliphatic heterocycles. The molecular weight excluding hydrogens is 324 g/mol. The van der Waals surface area contributed by atoms with Crippen molar-refractivity contribution in [2.75, 3.05) is 31.6 Å². The second-order valence-electron chi connectivity index (χ2n) is 6.30. The van der Waals surface area contributed by atoms with Crippen LogP contribution in [0, 0.1) is 0 Å². The van der Waals surface area contributed by atoms with Gasteiger partial charge in [0.05, 0.1) is 25.1 Å². The first-order chi connectivity index (χ1) is 11.6. The van der Waals surface area contributed by atoms with Gasteiger partial charge in [-0.25, -0.2) is 9.97 Å². The summed E-state index contributed by atoms with van der Waals surface area (Å²) in [6.45, 7) is 1.58. The molecule has 0 saturated carbocycles. The number of aliphatic hydroxyl groups is 1. The van der Waals surface area contributed by atoms with Crippen LogP contribution >= 0.6 is 11.3 Å². The van der Waals surface area contributed by atoms with E-state index in [9.17, 15) is 9.90 Å². The number of rotatable bonds is 5. The molecule has 0 aromatic carbocycles. The number of likely N-dealkylation sites (N-methyl/N-ethyl adjacent to an activating group) is 1. The Morgan fingerprint density at radius 1 is 1.42 bits per heavy atom. The quantitative estimate of drug-likeness (QED) is 0.890. The van der Waals surface area contributed by atoms with Gasteiger partial charge in [-0.05, 0) is 30.4 Å². The fourth-order valence-electron chi connectivity index (χ4n) is 3.09. The molecule has 0 bridgehead atoms. The number of amides is 1. The summed E-state index contributed by atoms with van der Waals surface area (Å²) in [4.78, 5) is 25.5. The smallest absolute Gasteiger partial charge is 0.227 e. The molecule has 2 aromatic rings. The molecule has 1 N–H and O–H groups in total. The molecule has 1 aliphatic rings. The van der Waals surface area contributed by atoms with Gasteiger partial charge in [0.2, 0.25) is 11.9 Å². The Hall–Kier alpha value is -1.99. The Labute approximate surface area is 145 Å². The van der Waals surface area contributed by atoms with E-state index in [1.165, 1.54) is 0 Å². The summed E-state index contributed by atoms with van der Waals surface area (Å²) in [5.74, 6) is 0.655. The fourth-order valence-corrected chi connectivity index (χ4v) is 3.79. The number of carbonyl (C=O) groups excluding carboxylic acids is 1. The van der Waals surface area contributed by atoms with Crippen molar-refractivity contribution in [1.82, 2.24) is 14.9 Å². The zero-order valence-corrected chi connectivity index (χ0v) is 14.6. The van der Waals surface area contributed by atoms with Crippen molar-refractivity contribution < 1.29 is 9.90 Å². The summed E-state index contributed by atoms with van der Waals surface area (Å²) in [5, 5.41) is 12.9. The molecule has 7 heteroatoms. The van der Waals surface area contributed by atoms with Gasteiger partial charge >= 0.3 is 0 Å². The van der Waals surface area contributed by atoms with Crippen LogP contribution in [-0.2, 0) is 11.2 Å². The van der Waals surface area contributed by atoms with Gasteiger partial charge in [-0.2, -0.15) is 0 Å². The molecule has 1 amide bonds. The third-order valence-electron chi connectivity index (χ3n) is 4.25. The van der Waals surface area contributed by atoms with Crippen LogP contribution in [0.25, 0.3) is 0 Å². The molecule has 0 aliphatic carbocycles. The molecule has 1 unspecified atom stereocenters. The highest BCUT2D eigenvalue weighted by Crippen LogP contribution is 2.24. The molecule has 1 saturated heterocycles. The van der Waals surface area contributed by atoms with Crippen molar-refractivity contribution in [3.05, 3.63) is 40.8 Å². The zero-order valence-electron chi connectivity index (χ0n) is 13.8. The first-order valence-electron chi connectivity index (χ1n) is 8.06. The predicted octanol–water partition coefficient (Wildman–Crippen LogP) is 1.57. The van der Waals surface area contributed by atoms with E-state index in [4.69, 9.17) is 0 Å². The topological polar surface area (TPSA) is 69.6 Å². The van der Waals surface area contributed by atoms with E-state index in [1.807, 2.05) is 22.4 Å². The van der Waals surface area contributed by atoms with E-state index in [0.29, 0.717) is 31.9 Å². The summed E-state index contributed by atoms with van der Waals surface area (Å²) in [6, 6.07) is 5.68. The number of aromatic nitrogens is 2. The van der Waals surface area contributed by atoms with Crippen LogP contribution < -0.4 is 4.90 Å². The number of piperidine rings is 1. The van der Waals surface area contributed by atoms with Crippen molar-refractivity contribution in [3.8, 4) is 0 Å². The number of hydrogen-bond donors (Lipinski definition) is 1. The average molecular weight is 346 g/mol. The third kappa shape index (κ3) is 4.10. The van der Waals surface area contributed by atoms with Gasteiger partial charge in [-0.3, -0.25) is 4.79 Å². The Kier molecular flexibility index (Phi) is 5.11. The van der Waals surface area contributed by atoms with Crippen LogP contribution in [0.5, 0.6) is 0 Å². The van der Waals surface area contributed by atoms with Gasteiger partial charge in [0.25, 0.3) is 0 Å². The average Bonchev–Trinajstić information content (AvgIpc) is 3.08. The number of hydrogen-bond acceptors (Lipinski definition) is 6. The van der Waals surface area contributed by atoms with E-state index in [-0.39, 0.29) is 5.91 Å². The molecule has 0 spiro atoms. The van der Waals surface area contributed by atoms with Crippen LogP contribution in [0.15, 0.2) is 36.0 Å². The van der Waals surface area contributed by atoms with Crippen LogP contribution in [0.3, 0.4) is 0 Å². The van der Waals surface area contributed by atoms with Gasteiger partial charge in [0, 0.05) is 30.9 Å². The van der Waals surface area contributed by atoms with Crippen LogP contribution in [0.1, 0.15) is 17.7 Å². The minimum absolute atomic E-state index is 0.0268. The van der Waals surface area contributed by atoms with Gasteiger partial charge in [0.1, 0.15) is 0 Å². The van der Waals surface area contributed by atoms with Crippen molar-refractivity contribution in [1.29, 1.82) is 0 Å². The molecule has 1 atom stereocenters. The van der Waals surface area contributed by atoms with E-state index >= 15 is 0 Å². The zero-order chi connectivity index (χ0) is 17.0. The van der Waals surface area contributed by atoms with E-state index in [0.717, 1.165) is 17.8 Å². The van der Waals surface area contributed by atoms with Crippen molar-refractivity contribution >= 4 is 23.2 Å². The van der Waals surface area contributed by atoms with Gasteiger partial charge in [-0.1, -0.05) is 6.07 Å². The maximum atomic E-state index is 12.4. The summed E-state index contributed by atoms with van der Waals surface area (Å²) in [6.07, 6.45) is 5.31. The lowest BCUT2D eigenvalue weighted by atomic mass is 9.92. The SMILES string of the molecule is CN(CC1(O)CCCN(c2ncccn2)C1)C(=O)Cc1cccs1. The molecule has 128 valence electrons. The Balaban J connectivity index is 1.61. The van der Waals surface area contributed by atoms with Crippen molar-refractivity contribution in [3.63, 3.8) is 0 Å². The van der Waals surface area contributed by atoms with Crippen LogP contribution in [-0.4, -0.2) is 58.2 Å². The molecule has 24 heavy (non-hydrogen) atoms. The first-order valence-corrected chi connectivity index (χ1v) is 8.94. The highest BCUT2D eigenvalue weighted by Gasteiger charge is 2.36. The normalized spacial score (nSPS) is 20.8. The summed E-state index contributed by atoms with van der Waals surface area (Å²) in [5.41, 5.74) is -0.933. The Morgan fingerprint density at radius 2 is 2.21 bits per heavy atom. The Morgan fingerprint density at radius 3 is 2.92 bits per heavy atom. The lowest BCUT2D eigenvalue weighted by molar-refractivity contribution is -0.132. The highest BCUT2D eigenvalue weighted by molar-refractivity contribution is 7.10. The summed E-state index contributed by atoms with van der Waals surface area (Å²) >= 11 is 1.58. The van der Waals surface area contributed by atoms with Gasteiger partial charge in [0.15, 0.2) is 0 Å². The monoisotopic (exact) mass is 346 g/mol. The maximum absolute atomic E-state index is 12.4. The lowest BCUT2D eigenvalue weighted by Crippen LogP contribution is -2.55. The third-order valence-corrected chi connectivity index (χ3v) is 5.13. The van der Waals surface area contributed by atoms with E-state index in [1.54, 1.807) is 41.7 Å². The fraction of sp³-hybridized carbons (Fsp3) is 0.471. The molecule has 3 rings (SSSR count). The molecule has 3 heterocycles. The molecule has 1 fully saturated rings. The summed E-state index contributed by atoms with van der Waals surface area (Å²) in [7, 11) is 1.76. The number of anilines is 1. The number of nitrogens with zero attached hydrogens (tertiary/aromatic N) is 4. The standard InChI is InChI=1S/C17H22N4O2S/c1-20(15(22)11-14-5-2-10-24-14)12-17(23)6-3-9-21(13-17)16-18-7-4-8-19-16/h2,4-5,7-8,10,23H,3,6,9,11-13H2,1H3. The van der Waals surface area contributed by atoms with Crippen LogP contribution in [0.2, 0.25) is 0 Å². The van der Waals surface area contributed by atoms with E-state index in [2.05, 4.69) is 9.97 Å². The largest absolute Gasteiger partial charge is 0.386 e. The van der Waals surface area contributed by atoms with Gasteiger partial charge < -0.3 is 14.9 Å². The molecule has 0 radical (unpaired) electrons. The second-order valence-corrected chi connectivity index (χ2v) is 7.34. The maximum Gasteiger partial charge on any atom is 0.227 e. The molecular formula is C17H22N4O2S. The molecule has 6 nitrogen and oxygen atoms in total. The van der Waals surface area contributed by atoms with Gasteiger partial charge in [-0.15, -0.1) is 11.3 Å². The first kappa shape index (κ1) is 16.9. The minimum atomic E-state index is -0.933. The molecule has 2 aromatic heterocycles. The second kappa shape index (κ2) is 7.27. The lowest BCUT2D eigenvalue weighted by Gasteiger charge is -2.41. The van der Waals surface area contributed by atoms with Crippen molar-refractivity contribution in [2.24, 2.45) is 0 Å². The Bertz CT molecular complexity index is 664. The predicted molar refractivity (Wildman–Crippen MR) is 94.1 cm³/mol. The number of β-amino-alcohol motifs (C(OH)–C–C–N with tert-alkyl or cyclic N) is 1. The van der Waals surface area contributed by atoms with Crippen molar-refractivity contribution in [2.45, 2.75) is 24.9 Å². The van der Waals surface area contributed by atoms with E-state index < -0.39 is 5.60 Å². The number of carbonyl (C=O) groups is 1.